The molecule has 21 heavy (non-hydrogen) atoms. The smallest absolute Gasteiger partial charge is 0.266 e. The Labute approximate surface area is 120 Å². The summed E-state index contributed by atoms with van der Waals surface area (Å²) in [7, 11) is 0. The Bertz CT molecular complexity index is 837. The lowest BCUT2D eigenvalue weighted by atomic mass is 10.1. The molecule has 0 aromatic heterocycles. The van der Waals surface area contributed by atoms with Gasteiger partial charge in [-0.3, -0.25) is 9.59 Å². The molecular formula is C16H9FN2O2. The molecule has 0 bridgehead atoms. The first kappa shape index (κ1) is 13.0. The number of imide groups is 1. The summed E-state index contributed by atoms with van der Waals surface area (Å²) in [5, 5.41) is 8.73. The Kier molecular flexibility index (Phi) is 2.80. The van der Waals surface area contributed by atoms with Crippen molar-refractivity contribution in [1.82, 2.24) is 0 Å². The van der Waals surface area contributed by atoms with Gasteiger partial charge in [-0.1, -0.05) is 11.6 Å². The molecule has 0 aliphatic carbocycles. The van der Waals surface area contributed by atoms with Crippen LogP contribution in [0.2, 0.25) is 0 Å². The average molecular weight is 280 g/mol. The minimum absolute atomic E-state index is 0.128. The molecule has 0 saturated heterocycles. The maximum absolute atomic E-state index is 14.0. The minimum atomic E-state index is -0.778. The van der Waals surface area contributed by atoms with Gasteiger partial charge in [0, 0.05) is 0 Å². The fourth-order valence-corrected chi connectivity index (χ4v) is 2.33. The predicted octanol–water partition coefficient (Wildman–Crippen LogP) is 2.81. The summed E-state index contributed by atoms with van der Waals surface area (Å²) in [6.45, 7) is 1.81. The van der Waals surface area contributed by atoms with Crippen LogP contribution in [0.1, 0.15) is 31.8 Å². The zero-order valence-corrected chi connectivity index (χ0v) is 11.1. The quantitative estimate of drug-likeness (QED) is 0.755. The number of nitriles is 1. The zero-order chi connectivity index (χ0) is 15.1. The van der Waals surface area contributed by atoms with E-state index >= 15 is 0 Å². The Morgan fingerprint density at radius 2 is 1.76 bits per heavy atom. The van der Waals surface area contributed by atoms with Gasteiger partial charge in [0.15, 0.2) is 0 Å². The van der Waals surface area contributed by atoms with E-state index in [4.69, 9.17) is 5.26 Å². The summed E-state index contributed by atoms with van der Waals surface area (Å²) in [5.74, 6) is -1.89. The van der Waals surface area contributed by atoms with E-state index in [1.165, 1.54) is 12.1 Å². The molecule has 1 heterocycles. The highest BCUT2D eigenvalue weighted by molar-refractivity contribution is 6.34. The standard InChI is InChI=1S/C16H9FN2O2/c1-9-2-4-11-12(6-9)16(21)19(15(11)20)14-5-3-10(8-18)7-13(14)17/h2-7H,1H3. The first-order valence-electron chi connectivity index (χ1n) is 6.22. The van der Waals surface area contributed by atoms with Crippen molar-refractivity contribution >= 4 is 17.5 Å². The van der Waals surface area contributed by atoms with Crippen LogP contribution < -0.4 is 4.90 Å². The molecule has 0 radical (unpaired) electrons. The van der Waals surface area contributed by atoms with E-state index < -0.39 is 17.6 Å². The van der Waals surface area contributed by atoms with Crippen LogP contribution in [0.3, 0.4) is 0 Å². The molecule has 0 N–H and O–H groups in total. The molecule has 0 unspecified atom stereocenters. The lowest BCUT2D eigenvalue weighted by Crippen LogP contribution is -2.30. The van der Waals surface area contributed by atoms with Crippen LogP contribution in [0, 0.1) is 24.1 Å². The molecule has 1 aliphatic heterocycles. The highest BCUT2D eigenvalue weighted by Gasteiger charge is 2.37. The largest absolute Gasteiger partial charge is 0.268 e. The van der Waals surface area contributed by atoms with Crippen LogP contribution in [-0.4, -0.2) is 11.8 Å². The van der Waals surface area contributed by atoms with Crippen LogP contribution in [-0.2, 0) is 0 Å². The van der Waals surface area contributed by atoms with Crippen LogP contribution in [0.4, 0.5) is 10.1 Å². The van der Waals surface area contributed by atoms with Crippen molar-refractivity contribution in [2.45, 2.75) is 6.92 Å². The summed E-state index contributed by atoms with van der Waals surface area (Å²) < 4.78 is 14.0. The van der Waals surface area contributed by atoms with Crippen molar-refractivity contribution in [3.05, 3.63) is 64.5 Å². The van der Waals surface area contributed by atoms with Gasteiger partial charge >= 0.3 is 0 Å². The molecule has 0 spiro atoms. The van der Waals surface area contributed by atoms with Gasteiger partial charge in [0.05, 0.1) is 28.4 Å². The normalized spacial score (nSPS) is 13.3. The summed E-state index contributed by atoms with van der Waals surface area (Å²) in [6.07, 6.45) is 0. The number of benzene rings is 2. The molecule has 0 saturated carbocycles. The number of anilines is 1. The van der Waals surface area contributed by atoms with E-state index in [-0.39, 0.29) is 22.4 Å². The Morgan fingerprint density at radius 1 is 1.05 bits per heavy atom. The highest BCUT2D eigenvalue weighted by Crippen LogP contribution is 2.30. The molecular weight excluding hydrogens is 271 g/mol. The molecule has 5 heteroatoms. The molecule has 2 aromatic rings. The van der Waals surface area contributed by atoms with Crippen molar-refractivity contribution < 1.29 is 14.0 Å². The van der Waals surface area contributed by atoms with Crippen molar-refractivity contribution in [1.29, 1.82) is 5.26 Å². The summed E-state index contributed by atoms with van der Waals surface area (Å²) in [4.78, 5) is 25.4. The van der Waals surface area contributed by atoms with E-state index in [1.54, 1.807) is 24.3 Å². The van der Waals surface area contributed by atoms with Crippen LogP contribution >= 0.6 is 0 Å². The van der Waals surface area contributed by atoms with E-state index in [9.17, 15) is 14.0 Å². The van der Waals surface area contributed by atoms with Crippen LogP contribution in [0.25, 0.3) is 0 Å². The third kappa shape index (κ3) is 1.89. The number of nitrogens with zero attached hydrogens (tertiary/aromatic N) is 2. The predicted molar refractivity (Wildman–Crippen MR) is 73.4 cm³/mol. The fraction of sp³-hybridized carbons (Fsp3) is 0.0625. The Hall–Kier alpha value is -3.00. The summed E-state index contributed by atoms with van der Waals surface area (Å²) in [5.41, 5.74) is 1.36. The second-order valence-electron chi connectivity index (χ2n) is 4.77. The van der Waals surface area contributed by atoms with Gasteiger partial charge in [-0.15, -0.1) is 0 Å². The van der Waals surface area contributed by atoms with Gasteiger partial charge in [-0.25, -0.2) is 9.29 Å². The van der Waals surface area contributed by atoms with E-state index in [1.807, 2.05) is 6.92 Å². The van der Waals surface area contributed by atoms with E-state index in [2.05, 4.69) is 0 Å². The molecule has 2 aromatic carbocycles. The third-order valence-corrected chi connectivity index (χ3v) is 3.36. The lowest BCUT2D eigenvalue weighted by molar-refractivity contribution is 0.0925. The SMILES string of the molecule is Cc1ccc2c(c1)C(=O)N(c1ccc(C#N)cc1F)C2=O. The first-order valence-corrected chi connectivity index (χ1v) is 6.22. The van der Waals surface area contributed by atoms with Gasteiger partial charge < -0.3 is 0 Å². The first-order chi connectivity index (χ1) is 10.0. The molecule has 2 amide bonds. The number of aryl methyl sites for hydroxylation is 1. The van der Waals surface area contributed by atoms with E-state index in [0.29, 0.717) is 0 Å². The maximum Gasteiger partial charge on any atom is 0.266 e. The number of hydrogen-bond acceptors (Lipinski definition) is 3. The lowest BCUT2D eigenvalue weighted by Gasteiger charge is -2.14. The second-order valence-corrected chi connectivity index (χ2v) is 4.77. The van der Waals surface area contributed by atoms with E-state index in [0.717, 1.165) is 16.5 Å². The number of amides is 2. The highest BCUT2D eigenvalue weighted by atomic mass is 19.1. The molecule has 0 fully saturated rings. The van der Waals surface area contributed by atoms with Gasteiger partial charge in [0.1, 0.15) is 5.82 Å². The van der Waals surface area contributed by atoms with Crippen molar-refractivity contribution in [2.24, 2.45) is 0 Å². The van der Waals surface area contributed by atoms with Gasteiger partial charge in [0.25, 0.3) is 11.8 Å². The summed E-state index contributed by atoms with van der Waals surface area (Å²) in [6, 6.07) is 10.3. The number of carbonyl (C=O) groups excluding carboxylic acids is 2. The molecule has 0 atom stereocenters. The number of fused-ring (bicyclic) bond motifs is 1. The number of carbonyl (C=O) groups is 2. The van der Waals surface area contributed by atoms with Crippen molar-refractivity contribution in [2.75, 3.05) is 4.90 Å². The zero-order valence-electron chi connectivity index (χ0n) is 11.1. The monoisotopic (exact) mass is 280 g/mol. The maximum atomic E-state index is 14.0. The topological polar surface area (TPSA) is 61.2 Å². The van der Waals surface area contributed by atoms with Gasteiger partial charge in [0.2, 0.25) is 0 Å². The molecule has 3 rings (SSSR count). The second kappa shape index (κ2) is 4.53. The fourth-order valence-electron chi connectivity index (χ4n) is 2.33. The number of rotatable bonds is 1. The van der Waals surface area contributed by atoms with Gasteiger partial charge in [-0.2, -0.15) is 5.26 Å². The molecule has 4 nitrogen and oxygen atoms in total. The van der Waals surface area contributed by atoms with Crippen LogP contribution in [0.15, 0.2) is 36.4 Å². The van der Waals surface area contributed by atoms with Crippen molar-refractivity contribution in [3.63, 3.8) is 0 Å². The third-order valence-electron chi connectivity index (χ3n) is 3.36. The van der Waals surface area contributed by atoms with Gasteiger partial charge in [-0.05, 0) is 37.3 Å². The Morgan fingerprint density at radius 3 is 2.43 bits per heavy atom. The number of hydrogen-bond donors (Lipinski definition) is 0. The summed E-state index contributed by atoms with van der Waals surface area (Å²) >= 11 is 0. The van der Waals surface area contributed by atoms with Crippen molar-refractivity contribution in [3.8, 4) is 6.07 Å². The molecule has 1 aliphatic rings. The average Bonchev–Trinajstić information content (AvgIpc) is 2.71. The Balaban J connectivity index is 2.12. The number of halogens is 1. The van der Waals surface area contributed by atoms with Crippen LogP contribution in [0.5, 0.6) is 0 Å². The molecule has 102 valence electrons. The minimum Gasteiger partial charge on any atom is -0.268 e.